The first-order chi connectivity index (χ1) is 11.8. The van der Waals surface area contributed by atoms with E-state index in [0.29, 0.717) is 33.7 Å². The van der Waals surface area contributed by atoms with Crippen LogP contribution < -0.4 is 10.9 Å². The summed E-state index contributed by atoms with van der Waals surface area (Å²) in [5.41, 5.74) is 0.893. The minimum absolute atomic E-state index is 0.102. The monoisotopic (exact) mass is 359 g/mol. The van der Waals surface area contributed by atoms with Gasteiger partial charge in [-0.3, -0.25) is 14.2 Å². The van der Waals surface area contributed by atoms with Crippen molar-refractivity contribution in [2.24, 2.45) is 5.92 Å². The molecule has 0 saturated heterocycles. The molecule has 0 spiro atoms. The maximum atomic E-state index is 12.5. The van der Waals surface area contributed by atoms with Crippen LogP contribution in [-0.4, -0.2) is 21.5 Å². The Kier molecular flexibility index (Phi) is 6.31. The maximum Gasteiger partial charge on any atom is 0.262 e. The lowest BCUT2D eigenvalue weighted by Crippen LogP contribution is -2.32. The number of H-pyrrole nitrogens is 1. The Balaban J connectivity index is 2.27. The quantitative estimate of drug-likeness (QED) is 0.584. The standard InChI is InChI=1S/C19H25N3O2S/c1-5-10-22-18(24)15-9-8-14(11-16(15)21-19(22)25)17(23)20-13(4)7-6-12(2)3/h5,8-9,11-13H,1,6-7,10H2,2-4H3,(H,20,23)(H,21,25). The summed E-state index contributed by atoms with van der Waals surface area (Å²) >= 11 is 5.23. The summed E-state index contributed by atoms with van der Waals surface area (Å²) in [6.45, 7) is 10.3. The molecule has 25 heavy (non-hydrogen) atoms. The average Bonchev–Trinajstić information content (AvgIpc) is 2.56. The van der Waals surface area contributed by atoms with Crippen molar-refractivity contribution in [2.45, 2.75) is 46.2 Å². The number of fused-ring (bicyclic) bond motifs is 1. The molecule has 6 heteroatoms. The molecular weight excluding hydrogens is 334 g/mol. The van der Waals surface area contributed by atoms with Gasteiger partial charge in [0.05, 0.1) is 10.9 Å². The predicted octanol–water partition coefficient (Wildman–Crippen LogP) is 3.80. The van der Waals surface area contributed by atoms with Crippen LogP contribution in [0.5, 0.6) is 0 Å². The highest BCUT2D eigenvalue weighted by Crippen LogP contribution is 2.12. The second-order valence-electron chi connectivity index (χ2n) is 6.74. The minimum atomic E-state index is -0.184. The molecular formula is C19H25N3O2S. The molecule has 1 unspecified atom stereocenters. The molecule has 0 fully saturated rings. The van der Waals surface area contributed by atoms with Crippen molar-refractivity contribution in [3.8, 4) is 0 Å². The molecule has 0 bridgehead atoms. The van der Waals surface area contributed by atoms with E-state index in [9.17, 15) is 9.59 Å². The summed E-state index contributed by atoms with van der Waals surface area (Å²) in [7, 11) is 0. The molecule has 5 nitrogen and oxygen atoms in total. The lowest BCUT2D eigenvalue weighted by atomic mass is 10.0. The smallest absolute Gasteiger partial charge is 0.262 e. The van der Waals surface area contributed by atoms with Gasteiger partial charge in [-0.25, -0.2) is 0 Å². The van der Waals surface area contributed by atoms with Gasteiger partial charge in [0.1, 0.15) is 0 Å². The van der Waals surface area contributed by atoms with Crippen molar-refractivity contribution in [1.82, 2.24) is 14.9 Å². The number of benzene rings is 1. The zero-order valence-electron chi connectivity index (χ0n) is 15.0. The van der Waals surface area contributed by atoms with Gasteiger partial charge in [-0.2, -0.15) is 0 Å². The predicted molar refractivity (Wildman–Crippen MR) is 105 cm³/mol. The fraction of sp³-hybridized carbons (Fsp3) is 0.421. The zero-order chi connectivity index (χ0) is 18.6. The van der Waals surface area contributed by atoms with E-state index in [1.807, 2.05) is 6.92 Å². The van der Waals surface area contributed by atoms with Crippen LogP contribution in [0.1, 0.15) is 44.0 Å². The summed E-state index contributed by atoms with van der Waals surface area (Å²) in [5, 5.41) is 3.50. The number of allylic oxidation sites excluding steroid dienone is 1. The van der Waals surface area contributed by atoms with Gasteiger partial charge in [0, 0.05) is 18.2 Å². The molecule has 2 aromatic rings. The molecule has 2 N–H and O–H groups in total. The fourth-order valence-electron chi connectivity index (χ4n) is 2.65. The highest BCUT2D eigenvalue weighted by molar-refractivity contribution is 7.71. The zero-order valence-corrected chi connectivity index (χ0v) is 15.8. The van der Waals surface area contributed by atoms with Crippen molar-refractivity contribution in [3.05, 3.63) is 51.5 Å². The maximum absolute atomic E-state index is 12.5. The van der Waals surface area contributed by atoms with Crippen molar-refractivity contribution >= 4 is 29.0 Å². The molecule has 1 aromatic heterocycles. The summed E-state index contributed by atoms with van der Waals surface area (Å²) in [6, 6.07) is 5.11. The third kappa shape index (κ3) is 4.66. The van der Waals surface area contributed by atoms with Crippen LogP contribution in [-0.2, 0) is 6.54 Å². The lowest BCUT2D eigenvalue weighted by Gasteiger charge is -2.15. The van der Waals surface area contributed by atoms with Crippen molar-refractivity contribution in [3.63, 3.8) is 0 Å². The Bertz CT molecular complexity index is 896. The van der Waals surface area contributed by atoms with E-state index in [1.54, 1.807) is 24.3 Å². The average molecular weight is 359 g/mol. The minimum Gasteiger partial charge on any atom is -0.350 e. The van der Waals surface area contributed by atoms with E-state index in [1.165, 1.54) is 4.57 Å². The van der Waals surface area contributed by atoms with Crippen LogP contribution in [0.25, 0.3) is 10.9 Å². The number of hydrogen-bond acceptors (Lipinski definition) is 3. The molecule has 134 valence electrons. The van der Waals surface area contributed by atoms with Gasteiger partial charge in [-0.1, -0.05) is 19.9 Å². The third-order valence-electron chi connectivity index (χ3n) is 4.11. The summed E-state index contributed by atoms with van der Waals surface area (Å²) in [6.07, 6.45) is 3.62. The van der Waals surface area contributed by atoms with E-state index >= 15 is 0 Å². The number of aromatic amines is 1. The number of carbonyl (C=O) groups is 1. The number of nitrogens with one attached hydrogen (secondary N) is 2. The highest BCUT2D eigenvalue weighted by atomic mass is 32.1. The Morgan fingerprint density at radius 1 is 1.36 bits per heavy atom. The SMILES string of the molecule is C=CCn1c(=S)[nH]c2cc(C(=O)NC(C)CCC(C)C)ccc2c1=O. The number of aromatic nitrogens is 2. The van der Waals surface area contributed by atoms with Gasteiger partial charge < -0.3 is 10.3 Å². The molecule has 0 aliphatic heterocycles. The van der Waals surface area contributed by atoms with Gasteiger partial charge in [0.15, 0.2) is 4.77 Å². The molecule has 2 rings (SSSR count). The van der Waals surface area contributed by atoms with Gasteiger partial charge >= 0.3 is 0 Å². The molecule has 0 aliphatic carbocycles. The Labute approximate surface area is 152 Å². The van der Waals surface area contributed by atoms with Crippen LogP contribution in [0.15, 0.2) is 35.6 Å². The van der Waals surface area contributed by atoms with Crippen molar-refractivity contribution < 1.29 is 4.79 Å². The number of nitrogens with zero attached hydrogens (tertiary/aromatic N) is 1. The Morgan fingerprint density at radius 3 is 2.72 bits per heavy atom. The summed E-state index contributed by atoms with van der Waals surface area (Å²) in [5.74, 6) is 0.463. The number of carbonyl (C=O) groups excluding carboxylic acids is 1. The van der Waals surface area contributed by atoms with Gasteiger partial charge in [-0.05, 0) is 56.1 Å². The van der Waals surface area contributed by atoms with E-state index in [2.05, 4.69) is 30.7 Å². The van der Waals surface area contributed by atoms with Gasteiger partial charge in [-0.15, -0.1) is 6.58 Å². The fourth-order valence-corrected chi connectivity index (χ4v) is 2.92. The van der Waals surface area contributed by atoms with E-state index < -0.39 is 0 Å². The topological polar surface area (TPSA) is 66.9 Å². The van der Waals surface area contributed by atoms with Crippen LogP contribution in [0, 0.1) is 10.7 Å². The summed E-state index contributed by atoms with van der Waals surface area (Å²) < 4.78 is 1.76. The van der Waals surface area contributed by atoms with Crippen LogP contribution >= 0.6 is 12.2 Å². The Hall–Kier alpha value is -2.21. The highest BCUT2D eigenvalue weighted by Gasteiger charge is 2.12. The molecule has 1 heterocycles. The van der Waals surface area contributed by atoms with E-state index in [0.717, 1.165) is 12.8 Å². The first-order valence-electron chi connectivity index (χ1n) is 8.52. The second kappa shape index (κ2) is 8.25. The van der Waals surface area contributed by atoms with Gasteiger partial charge in [0.25, 0.3) is 11.5 Å². The van der Waals surface area contributed by atoms with Crippen molar-refractivity contribution in [2.75, 3.05) is 0 Å². The normalized spacial score (nSPS) is 12.3. The molecule has 1 aromatic carbocycles. The molecule has 0 saturated carbocycles. The first-order valence-corrected chi connectivity index (χ1v) is 8.93. The van der Waals surface area contributed by atoms with Crippen LogP contribution in [0.2, 0.25) is 0 Å². The Morgan fingerprint density at radius 2 is 2.08 bits per heavy atom. The molecule has 0 radical (unpaired) electrons. The number of hydrogen-bond donors (Lipinski definition) is 2. The summed E-state index contributed by atoms with van der Waals surface area (Å²) in [4.78, 5) is 27.9. The van der Waals surface area contributed by atoms with E-state index in [-0.39, 0.29) is 17.5 Å². The van der Waals surface area contributed by atoms with Crippen molar-refractivity contribution in [1.29, 1.82) is 0 Å². The molecule has 1 atom stereocenters. The first kappa shape index (κ1) is 19.1. The lowest BCUT2D eigenvalue weighted by molar-refractivity contribution is 0.0937. The number of amides is 1. The second-order valence-corrected chi connectivity index (χ2v) is 7.13. The molecule has 1 amide bonds. The largest absolute Gasteiger partial charge is 0.350 e. The number of rotatable bonds is 7. The van der Waals surface area contributed by atoms with Crippen LogP contribution in [0.3, 0.4) is 0 Å². The van der Waals surface area contributed by atoms with E-state index in [4.69, 9.17) is 12.2 Å². The third-order valence-corrected chi connectivity index (χ3v) is 4.43. The molecule has 0 aliphatic rings. The van der Waals surface area contributed by atoms with Gasteiger partial charge in [0.2, 0.25) is 0 Å². The van der Waals surface area contributed by atoms with Crippen LogP contribution in [0.4, 0.5) is 0 Å².